The van der Waals surface area contributed by atoms with Crippen LogP contribution in [-0.4, -0.2) is 80.8 Å². The molecule has 1 fully saturated rings. The Morgan fingerprint density at radius 3 is 2.24 bits per heavy atom. The number of nitrogens with zero attached hydrogens (tertiary/aromatic N) is 1. The molecule has 5 rings (SSSR count). The molecule has 1 aliphatic rings. The summed E-state index contributed by atoms with van der Waals surface area (Å²) in [7, 11) is 1.58. The van der Waals surface area contributed by atoms with Gasteiger partial charge in [-0.3, -0.25) is 9.59 Å². The molecule has 1 aromatic heterocycles. The number of hydrogen-bond acceptors (Lipinski definition) is 10. The predicted molar refractivity (Wildman–Crippen MR) is 188 cm³/mol. The first-order valence-electron chi connectivity index (χ1n) is 16.1. The number of aliphatic hydroxyl groups is 1. The number of amides is 1. The molecule has 13 heteroatoms. The normalized spacial score (nSPS) is 13.1. The molecule has 1 amide bonds. The van der Waals surface area contributed by atoms with Gasteiger partial charge in [0.25, 0.3) is 5.91 Å². The number of rotatable bonds is 19. The summed E-state index contributed by atoms with van der Waals surface area (Å²) >= 11 is 1.58. The number of carboxylic acids is 1. The summed E-state index contributed by atoms with van der Waals surface area (Å²) in [4.78, 5) is 35.7. The van der Waals surface area contributed by atoms with Crippen molar-refractivity contribution in [2.24, 2.45) is 0 Å². The fourth-order valence-electron chi connectivity index (χ4n) is 5.36. The first-order valence-corrected chi connectivity index (χ1v) is 17.3. The smallest absolute Gasteiger partial charge is 0.371 e. The zero-order valence-electron chi connectivity index (χ0n) is 27.8. The lowest BCUT2D eigenvalue weighted by Gasteiger charge is -2.24. The van der Waals surface area contributed by atoms with E-state index in [1.54, 1.807) is 43.3 Å². The Morgan fingerprint density at radius 1 is 0.960 bits per heavy atom. The Balaban J connectivity index is 1.09. The monoisotopic (exact) mass is 706 g/mol. The molecule has 50 heavy (non-hydrogen) atoms. The van der Waals surface area contributed by atoms with Gasteiger partial charge >= 0.3 is 5.97 Å². The van der Waals surface area contributed by atoms with Crippen LogP contribution in [0.4, 0.5) is 10.1 Å². The van der Waals surface area contributed by atoms with Crippen molar-refractivity contribution in [1.82, 2.24) is 5.32 Å². The van der Waals surface area contributed by atoms with Gasteiger partial charge in [-0.25, -0.2) is 9.18 Å². The maximum Gasteiger partial charge on any atom is 0.371 e. The molecule has 11 nitrogen and oxygen atoms in total. The molecule has 0 saturated heterocycles. The van der Waals surface area contributed by atoms with Crippen LogP contribution in [0.5, 0.6) is 0 Å². The van der Waals surface area contributed by atoms with Gasteiger partial charge in [-0.2, -0.15) is 0 Å². The fourth-order valence-corrected chi connectivity index (χ4v) is 5.98. The molecule has 0 unspecified atom stereocenters. The number of carbonyl (C=O) groups is 3. The first kappa shape index (κ1) is 36.6. The number of halogens is 1. The molecule has 1 heterocycles. The summed E-state index contributed by atoms with van der Waals surface area (Å²) in [5.74, 6) is -3.02. The van der Waals surface area contributed by atoms with E-state index >= 15 is 0 Å². The van der Waals surface area contributed by atoms with Crippen LogP contribution in [-0.2, 0) is 25.6 Å². The molecule has 4 aromatic rings. The van der Waals surface area contributed by atoms with Crippen molar-refractivity contribution in [2.75, 3.05) is 57.2 Å². The average molecular weight is 707 g/mol. The summed E-state index contributed by atoms with van der Waals surface area (Å²) in [6.45, 7) is 2.94. The second kappa shape index (κ2) is 17.3. The van der Waals surface area contributed by atoms with Crippen LogP contribution in [0.2, 0.25) is 0 Å². The lowest BCUT2D eigenvalue weighted by atomic mass is 10.0. The van der Waals surface area contributed by atoms with Crippen molar-refractivity contribution in [2.45, 2.75) is 25.4 Å². The van der Waals surface area contributed by atoms with Crippen LogP contribution in [0, 0.1) is 5.82 Å². The lowest BCUT2D eigenvalue weighted by Crippen LogP contribution is -2.22. The third kappa shape index (κ3) is 9.30. The van der Waals surface area contributed by atoms with Crippen LogP contribution >= 0.6 is 11.9 Å². The molecular formula is C37H39FN2O9S. The Hall–Kier alpha value is -4.69. The minimum atomic E-state index is -1.57. The highest BCUT2D eigenvalue weighted by atomic mass is 32.2. The highest BCUT2D eigenvalue weighted by Gasteiger charge is 2.31. The van der Waals surface area contributed by atoms with Crippen molar-refractivity contribution in [1.29, 1.82) is 0 Å². The third-order valence-corrected chi connectivity index (χ3v) is 8.90. The standard InChI is InChI=1S/C37H39FN2O9S/c1-39-36(43)34-29-19-28(24-7-8-24)30(20-33(29)49-35(34)26-9-11-27(38)12-10-26)40(50-2)13-14-46-15-16-47-17-18-48-22-23-3-5-25(6-4-23)31(41)21-32(42)37(44)45/h3-6,9-12,19-21,24,42H,7-8,13-18,22H2,1-2H3,(H,39,43)(H,44,45)/b32-21-. The maximum absolute atomic E-state index is 13.6. The Bertz CT molecular complexity index is 1840. The number of hydrogen-bond donors (Lipinski definition) is 3. The van der Waals surface area contributed by atoms with E-state index in [0.29, 0.717) is 80.7 Å². The van der Waals surface area contributed by atoms with Crippen molar-refractivity contribution >= 4 is 46.3 Å². The van der Waals surface area contributed by atoms with Crippen LogP contribution in [0.15, 0.2) is 76.9 Å². The minimum Gasteiger partial charge on any atom is -0.502 e. The second-order valence-corrected chi connectivity index (χ2v) is 12.3. The van der Waals surface area contributed by atoms with Gasteiger partial charge in [0.15, 0.2) is 5.78 Å². The van der Waals surface area contributed by atoms with Crippen LogP contribution < -0.4 is 9.62 Å². The van der Waals surface area contributed by atoms with Crippen LogP contribution in [0.3, 0.4) is 0 Å². The SMILES string of the molecule is CNC(=O)c1c(-c2ccc(F)cc2)oc2cc(N(CCOCCOCCOCc3ccc(C(=O)/C=C(\O)C(=O)O)cc3)SC)c(C3CC3)cc12. The number of aliphatic hydroxyl groups excluding tert-OH is 1. The zero-order chi connectivity index (χ0) is 35.6. The summed E-state index contributed by atoms with van der Waals surface area (Å²) in [6.07, 6.45) is 4.82. The van der Waals surface area contributed by atoms with Gasteiger partial charge in [0.05, 0.1) is 57.4 Å². The van der Waals surface area contributed by atoms with E-state index in [-0.39, 0.29) is 17.3 Å². The number of fused-ring (bicyclic) bond motifs is 1. The number of benzene rings is 3. The van der Waals surface area contributed by atoms with E-state index < -0.39 is 17.5 Å². The predicted octanol–water partition coefficient (Wildman–Crippen LogP) is 6.52. The van der Waals surface area contributed by atoms with Gasteiger partial charge in [0.2, 0.25) is 5.76 Å². The van der Waals surface area contributed by atoms with Gasteiger partial charge in [0.1, 0.15) is 17.2 Å². The Morgan fingerprint density at radius 2 is 1.62 bits per heavy atom. The van der Waals surface area contributed by atoms with Gasteiger partial charge in [0, 0.05) is 42.0 Å². The van der Waals surface area contributed by atoms with Gasteiger partial charge in [-0.05, 0) is 60.2 Å². The summed E-state index contributed by atoms with van der Waals surface area (Å²) in [5, 5.41) is 21.4. The summed E-state index contributed by atoms with van der Waals surface area (Å²) < 4.78 is 39.2. The summed E-state index contributed by atoms with van der Waals surface area (Å²) in [5.41, 5.74) is 4.89. The van der Waals surface area contributed by atoms with E-state index in [4.69, 9.17) is 23.7 Å². The van der Waals surface area contributed by atoms with E-state index in [1.165, 1.54) is 24.3 Å². The topological polar surface area (TPSA) is 148 Å². The highest BCUT2D eigenvalue weighted by molar-refractivity contribution is 7.99. The van der Waals surface area contributed by atoms with Crippen molar-refractivity contribution in [3.8, 4) is 11.3 Å². The number of carboxylic acid groups (broad SMARTS) is 1. The number of nitrogens with one attached hydrogen (secondary N) is 1. The van der Waals surface area contributed by atoms with Crippen LogP contribution in [0.25, 0.3) is 22.3 Å². The summed E-state index contributed by atoms with van der Waals surface area (Å²) in [6, 6.07) is 16.4. The molecule has 264 valence electrons. The maximum atomic E-state index is 13.6. The Labute approximate surface area is 293 Å². The second-order valence-electron chi connectivity index (χ2n) is 11.5. The molecular weight excluding hydrogens is 667 g/mol. The first-order chi connectivity index (χ1) is 24.2. The van der Waals surface area contributed by atoms with Gasteiger partial charge < -0.3 is 38.5 Å². The average Bonchev–Trinajstić information content (AvgIpc) is 3.90. The lowest BCUT2D eigenvalue weighted by molar-refractivity contribution is -0.135. The van der Waals surface area contributed by atoms with E-state index in [9.17, 15) is 23.9 Å². The van der Waals surface area contributed by atoms with E-state index in [0.717, 1.165) is 35.0 Å². The number of furan rings is 1. The Kier molecular flexibility index (Phi) is 12.7. The molecule has 1 saturated carbocycles. The number of ether oxygens (including phenoxy) is 3. The molecule has 0 radical (unpaired) electrons. The number of carbonyl (C=O) groups excluding carboxylic acids is 2. The third-order valence-electron chi connectivity index (χ3n) is 8.08. The quantitative estimate of drug-likeness (QED) is 0.0322. The van der Waals surface area contributed by atoms with Crippen molar-refractivity contribution in [3.63, 3.8) is 0 Å². The molecule has 1 aliphatic carbocycles. The molecule has 3 N–H and O–H groups in total. The number of anilines is 1. The largest absolute Gasteiger partial charge is 0.502 e. The van der Waals surface area contributed by atoms with E-state index in [2.05, 4.69) is 15.7 Å². The molecule has 0 atom stereocenters. The number of ketones is 1. The van der Waals surface area contributed by atoms with Gasteiger partial charge in [-0.15, -0.1) is 0 Å². The number of allylic oxidation sites excluding steroid dienone is 1. The fraction of sp³-hybridized carbons (Fsp3) is 0.324. The minimum absolute atomic E-state index is 0.251. The highest BCUT2D eigenvalue weighted by Crippen LogP contribution is 2.48. The molecule has 0 bridgehead atoms. The van der Waals surface area contributed by atoms with E-state index in [1.807, 2.05) is 12.3 Å². The molecule has 0 spiro atoms. The zero-order valence-corrected chi connectivity index (χ0v) is 28.6. The number of aliphatic carboxylic acids is 1. The molecule has 0 aliphatic heterocycles. The van der Waals surface area contributed by atoms with Crippen molar-refractivity contribution < 1.29 is 47.6 Å². The van der Waals surface area contributed by atoms with Crippen LogP contribution in [0.1, 0.15) is 50.6 Å². The van der Waals surface area contributed by atoms with Crippen molar-refractivity contribution in [3.05, 3.63) is 101 Å². The van der Waals surface area contributed by atoms with Gasteiger partial charge in [-0.1, -0.05) is 36.2 Å². The molecule has 3 aromatic carbocycles.